The van der Waals surface area contributed by atoms with Crippen LogP contribution in [-0.2, 0) is 0 Å². The third-order valence-electron chi connectivity index (χ3n) is 10.5. The molecule has 246 valence electrons. The SMILES string of the molecule is CC(C)c1cc(-c2ccccc2)cc(C(C)C)c1-n1c(-c2cccc3c2oc2cc4c(cc23)oc2ccccc24)nc2cc3ccccc3cc21. The Morgan fingerprint density at radius 3 is 1.88 bits per heavy atom. The van der Waals surface area contributed by atoms with Crippen LogP contribution in [0.1, 0.15) is 50.7 Å². The second-order valence-corrected chi connectivity index (χ2v) is 14.4. The van der Waals surface area contributed by atoms with Crippen molar-refractivity contribution in [3.05, 3.63) is 145 Å². The molecule has 0 aliphatic heterocycles. The summed E-state index contributed by atoms with van der Waals surface area (Å²) in [6.45, 7) is 9.19. The summed E-state index contributed by atoms with van der Waals surface area (Å²) in [4.78, 5) is 5.48. The van der Waals surface area contributed by atoms with Crippen molar-refractivity contribution in [2.75, 3.05) is 0 Å². The summed E-state index contributed by atoms with van der Waals surface area (Å²) in [5.41, 5.74) is 12.6. The van der Waals surface area contributed by atoms with Gasteiger partial charge in [0.25, 0.3) is 0 Å². The topological polar surface area (TPSA) is 44.1 Å². The summed E-state index contributed by atoms with van der Waals surface area (Å²) in [5.74, 6) is 1.40. The van der Waals surface area contributed by atoms with E-state index in [1.165, 1.54) is 38.7 Å². The molecule has 10 aromatic rings. The molecule has 0 fully saturated rings. The minimum Gasteiger partial charge on any atom is -0.456 e. The van der Waals surface area contributed by atoms with Crippen molar-refractivity contribution < 1.29 is 8.83 Å². The van der Waals surface area contributed by atoms with Crippen LogP contribution >= 0.6 is 0 Å². The van der Waals surface area contributed by atoms with Crippen LogP contribution in [0.5, 0.6) is 0 Å². The second-order valence-electron chi connectivity index (χ2n) is 14.4. The molecule has 7 aromatic carbocycles. The molecule has 0 aliphatic rings. The molecule has 4 nitrogen and oxygen atoms in total. The molecule has 0 aliphatic carbocycles. The number of fused-ring (bicyclic) bond motifs is 8. The number of para-hydroxylation sites is 2. The monoisotopic (exact) mass is 660 g/mol. The van der Waals surface area contributed by atoms with Crippen molar-refractivity contribution in [3.8, 4) is 28.2 Å². The molecule has 0 amide bonds. The largest absolute Gasteiger partial charge is 0.456 e. The van der Waals surface area contributed by atoms with Crippen LogP contribution < -0.4 is 0 Å². The van der Waals surface area contributed by atoms with Crippen molar-refractivity contribution >= 4 is 65.7 Å². The lowest BCUT2D eigenvalue weighted by Crippen LogP contribution is -2.09. The fraction of sp³-hybridized carbons (Fsp3) is 0.128. The highest BCUT2D eigenvalue weighted by molar-refractivity contribution is 6.16. The summed E-state index contributed by atoms with van der Waals surface area (Å²) in [7, 11) is 0. The van der Waals surface area contributed by atoms with Crippen LogP contribution in [-0.4, -0.2) is 9.55 Å². The molecule has 10 rings (SSSR count). The zero-order valence-corrected chi connectivity index (χ0v) is 29.1. The van der Waals surface area contributed by atoms with E-state index in [4.69, 9.17) is 13.8 Å². The van der Waals surface area contributed by atoms with Gasteiger partial charge in [-0.05, 0) is 93.4 Å². The molecule has 0 atom stereocenters. The molecule has 4 heteroatoms. The first-order chi connectivity index (χ1) is 24.9. The predicted octanol–water partition coefficient (Wildman–Crippen LogP) is 13.6. The number of furan rings is 2. The van der Waals surface area contributed by atoms with Crippen molar-refractivity contribution in [3.63, 3.8) is 0 Å². The summed E-state index contributed by atoms with van der Waals surface area (Å²) in [5, 5.41) is 6.58. The van der Waals surface area contributed by atoms with Crippen molar-refractivity contribution in [1.82, 2.24) is 9.55 Å². The molecule has 0 N–H and O–H groups in total. The van der Waals surface area contributed by atoms with Gasteiger partial charge in [-0.15, -0.1) is 0 Å². The van der Waals surface area contributed by atoms with E-state index in [-0.39, 0.29) is 11.8 Å². The lowest BCUT2D eigenvalue weighted by Gasteiger charge is -2.24. The summed E-state index contributed by atoms with van der Waals surface area (Å²) >= 11 is 0. The molecule has 0 saturated heterocycles. The Kier molecular flexibility index (Phi) is 6.53. The fourth-order valence-electron chi connectivity index (χ4n) is 7.98. The average Bonchev–Trinajstić information content (AvgIpc) is 3.83. The molecule has 0 saturated carbocycles. The first kappa shape index (κ1) is 29.8. The summed E-state index contributed by atoms with van der Waals surface area (Å²) in [6, 6.07) is 47.5. The van der Waals surface area contributed by atoms with E-state index in [9.17, 15) is 0 Å². The van der Waals surface area contributed by atoms with Gasteiger partial charge in [-0.2, -0.15) is 0 Å². The third-order valence-corrected chi connectivity index (χ3v) is 10.5. The molecule has 0 unspecified atom stereocenters. The zero-order chi connectivity index (χ0) is 34.4. The lowest BCUT2D eigenvalue weighted by atomic mass is 9.88. The quantitative estimate of drug-likeness (QED) is 0.184. The zero-order valence-electron chi connectivity index (χ0n) is 29.1. The van der Waals surface area contributed by atoms with Gasteiger partial charge in [0.15, 0.2) is 0 Å². The van der Waals surface area contributed by atoms with Gasteiger partial charge in [0.05, 0.1) is 22.3 Å². The van der Waals surface area contributed by atoms with E-state index in [2.05, 4.69) is 154 Å². The first-order valence-electron chi connectivity index (χ1n) is 17.8. The van der Waals surface area contributed by atoms with Crippen molar-refractivity contribution in [1.29, 1.82) is 0 Å². The molecular weight excluding hydrogens is 625 g/mol. The van der Waals surface area contributed by atoms with Gasteiger partial charge in [-0.25, -0.2) is 4.98 Å². The molecule has 3 heterocycles. The number of benzene rings is 7. The van der Waals surface area contributed by atoms with E-state index >= 15 is 0 Å². The standard InChI is InChI=1S/C47H36N2O2/c1-27(2)36-21-32(29-13-6-5-7-14-29)22-37(28(3)4)45(36)49-41-24-31-16-9-8-15-30(31)23-40(41)48-47(49)35-19-12-18-34-39-26-43-38(25-44(39)51-46(34)35)33-17-10-11-20-42(33)50-43/h5-28H,1-4H3. The average molecular weight is 661 g/mol. The van der Waals surface area contributed by atoms with E-state index in [1.807, 2.05) is 12.1 Å². The van der Waals surface area contributed by atoms with Crippen LogP contribution in [0, 0.1) is 0 Å². The van der Waals surface area contributed by atoms with Crippen molar-refractivity contribution in [2.24, 2.45) is 0 Å². The van der Waals surface area contributed by atoms with E-state index in [0.717, 1.165) is 66.3 Å². The highest BCUT2D eigenvalue weighted by atomic mass is 16.3. The maximum atomic E-state index is 6.87. The van der Waals surface area contributed by atoms with Crippen molar-refractivity contribution in [2.45, 2.75) is 39.5 Å². The Bertz CT molecular complexity index is 2950. The third kappa shape index (κ3) is 4.56. The lowest BCUT2D eigenvalue weighted by molar-refractivity contribution is 0.664. The maximum Gasteiger partial charge on any atom is 0.149 e. The van der Waals surface area contributed by atoms with Gasteiger partial charge in [0, 0.05) is 21.5 Å². The fourth-order valence-corrected chi connectivity index (χ4v) is 7.98. The van der Waals surface area contributed by atoms with Crippen LogP contribution in [0.2, 0.25) is 0 Å². The molecule has 3 aromatic heterocycles. The normalized spacial score (nSPS) is 12.3. The highest BCUT2D eigenvalue weighted by Crippen LogP contribution is 2.44. The Morgan fingerprint density at radius 2 is 1.14 bits per heavy atom. The Hall–Kier alpha value is -6.13. The van der Waals surface area contributed by atoms with E-state index < -0.39 is 0 Å². The number of hydrogen-bond acceptors (Lipinski definition) is 3. The van der Waals surface area contributed by atoms with E-state index in [0.29, 0.717) is 0 Å². The van der Waals surface area contributed by atoms with Crippen LogP contribution in [0.25, 0.3) is 93.9 Å². The van der Waals surface area contributed by atoms with E-state index in [1.54, 1.807) is 0 Å². The number of imidazole rings is 1. The smallest absolute Gasteiger partial charge is 0.149 e. The number of aromatic nitrogens is 2. The number of rotatable bonds is 5. The Morgan fingerprint density at radius 1 is 0.510 bits per heavy atom. The molecule has 51 heavy (non-hydrogen) atoms. The minimum atomic E-state index is 0.263. The van der Waals surface area contributed by atoms with Gasteiger partial charge in [0.2, 0.25) is 0 Å². The Labute approximate surface area is 295 Å². The first-order valence-corrected chi connectivity index (χ1v) is 17.8. The number of nitrogens with zero attached hydrogens (tertiary/aromatic N) is 2. The molecule has 0 radical (unpaired) electrons. The predicted molar refractivity (Wildman–Crippen MR) is 212 cm³/mol. The summed E-state index contributed by atoms with van der Waals surface area (Å²) < 4.78 is 15.6. The minimum absolute atomic E-state index is 0.263. The molecular formula is C47H36N2O2. The highest BCUT2D eigenvalue weighted by Gasteiger charge is 2.26. The maximum absolute atomic E-state index is 6.87. The van der Waals surface area contributed by atoms with Crippen LogP contribution in [0.3, 0.4) is 0 Å². The Balaban J connectivity index is 1.31. The molecule has 0 bridgehead atoms. The van der Waals surface area contributed by atoms with Gasteiger partial charge in [-0.1, -0.05) is 113 Å². The summed E-state index contributed by atoms with van der Waals surface area (Å²) in [6.07, 6.45) is 0. The van der Waals surface area contributed by atoms with Gasteiger partial charge in [-0.3, -0.25) is 4.57 Å². The van der Waals surface area contributed by atoms with Crippen LogP contribution in [0.15, 0.2) is 142 Å². The molecule has 0 spiro atoms. The number of hydrogen-bond donors (Lipinski definition) is 0. The van der Waals surface area contributed by atoms with Gasteiger partial charge >= 0.3 is 0 Å². The van der Waals surface area contributed by atoms with Crippen LogP contribution in [0.4, 0.5) is 0 Å². The second kappa shape index (κ2) is 11.2. The van der Waals surface area contributed by atoms with Gasteiger partial charge < -0.3 is 8.83 Å². The van der Waals surface area contributed by atoms with Gasteiger partial charge in [0.1, 0.15) is 28.2 Å².